The first-order valence-corrected chi connectivity index (χ1v) is 8.68. The van der Waals surface area contributed by atoms with Crippen molar-refractivity contribution in [3.05, 3.63) is 58.6 Å². The summed E-state index contributed by atoms with van der Waals surface area (Å²) in [6.45, 7) is 0.318. The van der Waals surface area contributed by atoms with Gasteiger partial charge < -0.3 is 5.32 Å². The van der Waals surface area contributed by atoms with Crippen LogP contribution in [0.25, 0.3) is 0 Å². The van der Waals surface area contributed by atoms with Crippen LogP contribution in [0.1, 0.15) is 5.56 Å². The Morgan fingerprint density at radius 2 is 1.86 bits per heavy atom. The fourth-order valence-corrected chi connectivity index (χ4v) is 3.34. The fourth-order valence-electron chi connectivity index (χ4n) is 1.78. The predicted molar refractivity (Wildman–Crippen MR) is 85.8 cm³/mol. The van der Waals surface area contributed by atoms with Gasteiger partial charge in [0.05, 0.1) is 22.3 Å². The lowest BCUT2D eigenvalue weighted by molar-refractivity contribution is 0.596. The van der Waals surface area contributed by atoms with E-state index >= 15 is 0 Å². The summed E-state index contributed by atoms with van der Waals surface area (Å²) in [6.07, 6.45) is 0. The van der Waals surface area contributed by atoms with Gasteiger partial charge in [0.25, 0.3) is 0 Å². The van der Waals surface area contributed by atoms with Crippen LogP contribution >= 0.6 is 15.9 Å². The molecule has 0 fully saturated rings. The molecule has 0 saturated heterocycles. The van der Waals surface area contributed by atoms with Gasteiger partial charge in [-0.3, -0.25) is 0 Å². The van der Waals surface area contributed by atoms with Crippen LogP contribution in [0.15, 0.2) is 57.9 Å². The van der Waals surface area contributed by atoms with Crippen molar-refractivity contribution in [1.29, 1.82) is 5.26 Å². The maximum Gasteiger partial charge on any atom is 0.180 e. The van der Waals surface area contributed by atoms with Crippen LogP contribution in [0.4, 0.5) is 5.69 Å². The highest BCUT2D eigenvalue weighted by Crippen LogP contribution is 2.16. The molecule has 0 saturated carbocycles. The average molecular weight is 365 g/mol. The van der Waals surface area contributed by atoms with E-state index in [1.165, 1.54) is 24.3 Å². The Bertz CT molecular complexity index is 765. The van der Waals surface area contributed by atoms with E-state index in [0.29, 0.717) is 12.1 Å². The summed E-state index contributed by atoms with van der Waals surface area (Å²) < 4.78 is 25.2. The van der Waals surface area contributed by atoms with Crippen molar-refractivity contribution in [2.24, 2.45) is 0 Å². The number of sulfone groups is 1. The lowest BCUT2D eigenvalue weighted by Crippen LogP contribution is -2.15. The van der Waals surface area contributed by atoms with Crippen molar-refractivity contribution in [3.63, 3.8) is 0 Å². The van der Waals surface area contributed by atoms with Gasteiger partial charge in [0.15, 0.2) is 9.84 Å². The van der Waals surface area contributed by atoms with Gasteiger partial charge in [0, 0.05) is 16.7 Å². The highest BCUT2D eigenvalue weighted by Gasteiger charge is 2.13. The molecule has 0 aliphatic rings. The highest BCUT2D eigenvalue weighted by atomic mass is 79.9. The van der Waals surface area contributed by atoms with E-state index in [-0.39, 0.29) is 10.6 Å². The molecule has 0 atom stereocenters. The van der Waals surface area contributed by atoms with Crippen molar-refractivity contribution >= 4 is 31.5 Å². The Morgan fingerprint density at radius 3 is 2.48 bits per heavy atom. The maximum atomic E-state index is 12.2. The molecule has 0 bridgehead atoms. The Labute approximate surface area is 132 Å². The molecule has 0 heterocycles. The summed E-state index contributed by atoms with van der Waals surface area (Å²) in [5.74, 6) is -0.00852. The molecule has 4 nitrogen and oxygen atoms in total. The Balaban J connectivity index is 1.99. The number of nitriles is 1. The molecule has 0 aromatic heterocycles. The van der Waals surface area contributed by atoms with Gasteiger partial charge in [-0.05, 0) is 42.5 Å². The topological polar surface area (TPSA) is 70.0 Å². The molecule has 21 heavy (non-hydrogen) atoms. The number of rotatable bonds is 5. The Kier molecular flexibility index (Phi) is 4.99. The molecule has 0 spiro atoms. The van der Waals surface area contributed by atoms with E-state index in [1.54, 1.807) is 0 Å². The number of hydrogen-bond acceptors (Lipinski definition) is 4. The maximum absolute atomic E-state index is 12.2. The third kappa shape index (κ3) is 4.31. The van der Waals surface area contributed by atoms with Crippen LogP contribution in [0.5, 0.6) is 0 Å². The zero-order valence-corrected chi connectivity index (χ0v) is 13.5. The molecule has 6 heteroatoms. The normalized spacial score (nSPS) is 10.9. The quantitative estimate of drug-likeness (QED) is 0.884. The molecule has 2 aromatic carbocycles. The second kappa shape index (κ2) is 6.74. The van der Waals surface area contributed by atoms with Crippen molar-refractivity contribution in [3.8, 4) is 6.07 Å². The summed E-state index contributed by atoms with van der Waals surface area (Å²) in [5.41, 5.74) is 1.31. The van der Waals surface area contributed by atoms with E-state index < -0.39 is 9.84 Å². The summed E-state index contributed by atoms with van der Waals surface area (Å²) in [4.78, 5) is 0.234. The standard InChI is InChI=1S/C15H13BrN2O2S/c16-13-2-1-3-14(10-13)18-8-9-21(19,20)15-6-4-12(11-17)5-7-15/h1-7,10,18H,8-9H2. The van der Waals surface area contributed by atoms with Gasteiger partial charge >= 0.3 is 0 Å². The Hall–Kier alpha value is -1.84. The van der Waals surface area contributed by atoms with Gasteiger partial charge in [-0.1, -0.05) is 22.0 Å². The molecule has 1 N–H and O–H groups in total. The smallest absolute Gasteiger partial charge is 0.180 e. The minimum Gasteiger partial charge on any atom is -0.384 e. The van der Waals surface area contributed by atoms with Crippen LogP contribution in [0, 0.1) is 11.3 Å². The number of anilines is 1. The molecule has 0 radical (unpaired) electrons. The summed E-state index contributed by atoms with van der Waals surface area (Å²) in [7, 11) is -3.35. The molecule has 0 unspecified atom stereocenters. The summed E-state index contributed by atoms with van der Waals surface area (Å²) >= 11 is 3.36. The number of nitrogens with one attached hydrogen (secondary N) is 1. The van der Waals surface area contributed by atoms with Crippen molar-refractivity contribution < 1.29 is 8.42 Å². The van der Waals surface area contributed by atoms with Gasteiger partial charge in [0.1, 0.15) is 0 Å². The monoisotopic (exact) mass is 364 g/mol. The van der Waals surface area contributed by atoms with Crippen LogP contribution in [-0.2, 0) is 9.84 Å². The third-order valence-corrected chi connectivity index (χ3v) is 5.09. The van der Waals surface area contributed by atoms with Crippen molar-refractivity contribution in [2.75, 3.05) is 17.6 Å². The van der Waals surface area contributed by atoms with E-state index in [0.717, 1.165) is 10.2 Å². The zero-order valence-electron chi connectivity index (χ0n) is 11.1. The first-order valence-electron chi connectivity index (χ1n) is 6.24. The molecule has 2 aromatic rings. The molecular formula is C15H13BrN2O2S. The molecule has 0 aliphatic carbocycles. The lowest BCUT2D eigenvalue weighted by Gasteiger charge is -2.08. The van der Waals surface area contributed by atoms with Crippen LogP contribution in [0.2, 0.25) is 0 Å². The van der Waals surface area contributed by atoms with Gasteiger partial charge in [-0.2, -0.15) is 5.26 Å². The third-order valence-electron chi connectivity index (χ3n) is 2.87. The first kappa shape index (κ1) is 15.5. The van der Waals surface area contributed by atoms with Crippen molar-refractivity contribution in [2.45, 2.75) is 4.90 Å². The van der Waals surface area contributed by atoms with E-state index in [4.69, 9.17) is 5.26 Å². The van der Waals surface area contributed by atoms with Gasteiger partial charge in [0.2, 0.25) is 0 Å². The van der Waals surface area contributed by atoms with Gasteiger partial charge in [-0.25, -0.2) is 8.42 Å². The number of hydrogen-bond donors (Lipinski definition) is 1. The fraction of sp³-hybridized carbons (Fsp3) is 0.133. The average Bonchev–Trinajstić information content (AvgIpc) is 2.47. The predicted octanol–water partition coefficient (Wildman–Crippen LogP) is 3.21. The van der Waals surface area contributed by atoms with E-state index in [9.17, 15) is 8.42 Å². The lowest BCUT2D eigenvalue weighted by atomic mass is 10.2. The highest BCUT2D eigenvalue weighted by molar-refractivity contribution is 9.10. The molecule has 108 valence electrons. The van der Waals surface area contributed by atoms with Gasteiger partial charge in [-0.15, -0.1) is 0 Å². The second-order valence-electron chi connectivity index (χ2n) is 4.39. The second-order valence-corrected chi connectivity index (χ2v) is 7.42. The SMILES string of the molecule is N#Cc1ccc(S(=O)(=O)CCNc2cccc(Br)c2)cc1. The molecule has 0 amide bonds. The zero-order chi connectivity index (χ0) is 15.3. The summed E-state index contributed by atoms with van der Waals surface area (Å²) in [6, 6.07) is 15.4. The number of benzene rings is 2. The minimum absolute atomic E-state index is 0.00852. The van der Waals surface area contributed by atoms with Crippen LogP contribution in [0.3, 0.4) is 0 Å². The number of halogens is 1. The first-order chi connectivity index (χ1) is 10.0. The minimum atomic E-state index is -3.35. The van der Waals surface area contributed by atoms with E-state index in [1.807, 2.05) is 30.3 Å². The molecule has 2 rings (SSSR count). The van der Waals surface area contributed by atoms with Crippen molar-refractivity contribution in [1.82, 2.24) is 0 Å². The van der Waals surface area contributed by atoms with Crippen LogP contribution < -0.4 is 5.32 Å². The summed E-state index contributed by atoms with van der Waals surface area (Å²) in [5, 5.41) is 11.8. The molecule has 0 aliphatic heterocycles. The number of nitrogens with zero attached hydrogens (tertiary/aromatic N) is 1. The largest absolute Gasteiger partial charge is 0.384 e. The Morgan fingerprint density at radius 1 is 1.14 bits per heavy atom. The van der Waals surface area contributed by atoms with E-state index in [2.05, 4.69) is 21.2 Å². The van der Waals surface area contributed by atoms with Crippen LogP contribution in [-0.4, -0.2) is 20.7 Å². The molecular weight excluding hydrogens is 352 g/mol.